The second-order valence-corrected chi connectivity index (χ2v) is 5.01. The highest BCUT2D eigenvalue weighted by Gasteiger charge is 2.15. The lowest BCUT2D eigenvalue weighted by Gasteiger charge is -2.31. The molecule has 0 amide bonds. The second kappa shape index (κ2) is 10.5. The Morgan fingerprint density at radius 1 is 0.737 bits per heavy atom. The molecule has 2 heteroatoms. The largest absolute Gasteiger partial charge is 0.316 e. The SMILES string of the molecule is C=CCN(CC=C)C/C=C/C[N+](C)(CC=C)CC=C. The zero-order chi connectivity index (χ0) is 14.6. The van der Waals surface area contributed by atoms with Gasteiger partial charge in [0.05, 0.1) is 26.7 Å². The van der Waals surface area contributed by atoms with Gasteiger partial charge in [0.15, 0.2) is 0 Å². The predicted molar refractivity (Wildman–Crippen MR) is 87.2 cm³/mol. The molecule has 0 unspecified atom stereocenters. The molecule has 0 aliphatic carbocycles. The van der Waals surface area contributed by atoms with Crippen LogP contribution >= 0.6 is 0 Å². The van der Waals surface area contributed by atoms with E-state index in [1.165, 1.54) is 0 Å². The smallest absolute Gasteiger partial charge is 0.0977 e. The van der Waals surface area contributed by atoms with E-state index in [1.54, 1.807) is 0 Å². The van der Waals surface area contributed by atoms with E-state index in [0.717, 1.165) is 43.8 Å². The number of quaternary nitrogens is 1. The van der Waals surface area contributed by atoms with Gasteiger partial charge in [0, 0.05) is 19.6 Å². The van der Waals surface area contributed by atoms with Crippen LogP contribution in [0.3, 0.4) is 0 Å². The Kier molecular flexibility index (Phi) is 9.77. The second-order valence-electron chi connectivity index (χ2n) is 5.01. The quantitative estimate of drug-likeness (QED) is 0.385. The molecular formula is C17H29N2+. The first-order valence-corrected chi connectivity index (χ1v) is 6.76. The highest BCUT2D eigenvalue weighted by Crippen LogP contribution is 2.03. The van der Waals surface area contributed by atoms with Gasteiger partial charge >= 0.3 is 0 Å². The zero-order valence-electron chi connectivity index (χ0n) is 12.4. The maximum atomic E-state index is 3.83. The van der Waals surface area contributed by atoms with Crippen molar-refractivity contribution in [3.8, 4) is 0 Å². The van der Waals surface area contributed by atoms with Gasteiger partial charge in [-0.2, -0.15) is 0 Å². The summed E-state index contributed by atoms with van der Waals surface area (Å²) in [6.45, 7) is 20.8. The number of likely N-dealkylation sites (N-methyl/N-ethyl adjacent to an activating group) is 1. The summed E-state index contributed by atoms with van der Waals surface area (Å²) in [6, 6.07) is 0. The Bertz CT molecular complexity index is 295. The number of nitrogens with zero attached hydrogens (tertiary/aromatic N) is 2. The topological polar surface area (TPSA) is 3.24 Å². The zero-order valence-corrected chi connectivity index (χ0v) is 12.4. The van der Waals surface area contributed by atoms with Gasteiger partial charge in [-0.15, -0.1) is 13.2 Å². The third-order valence-corrected chi connectivity index (χ3v) is 2.99. The minimum absolute atomic E-state index is 0.891. The van der Waals surface area contributed by atoms with Gasteiger partial charge in [0.25, 0.3) is 0 Å². The summed E-state index contributed by atoms with van der Waals surface area (Å²) in [5, 5.41) is 0. The first-order chi connectivity index (χ1) is 9.11. The van der Waals surface area contributed by atoms with Gasteiger partial charge in [0.2, 0.25) is 0 Å². The van der Waals surface area contributed by atoms with Crippen molar-refractivity contribution in [3.05, 3.63) is 62.8 Å². The van der Waals surface area contributed by atoms with Gasteiger partial charge in [-0.05, 0) is 18.2 Å². The van der Waals surface area contributed by atoms with E-state index in [0.29, 0.717) is 0 Å². The highest BCUT2D eigenvalue weighted by molar-refractivity contribution is 4.90. The molecule has 0 aromatic rings. The van der Waals surface area contributed by atoms with Crippen LogP contribution in [0.2, 0.25) is 0 Å². The first kappa shape index (κ1) is 17.6. The molecule has 0 bridgehead atoms. The molecule has 0 atom stereocenters. The van der Waals surface area contributed by atoms with Crippen molar-refractivity contribution in [1.82, 2.24) is 4.90 Å². The van der Waals surface area contributed by atoms with Gasteiger partial charge in [-0.25, -0.2) is 0 Å². The number of rotatable bonds is 12. The summed E-state index contributed by atoms with van der Waals surface area (Å²) >= 11 is 0. The molecule has 0 spiro atoms. The first-order valence-electron chi connectivity index (χ1n) is 6.76. The van der Waals surface area contributed by atoms with E-state index >= 15 is 0 Å². The summed E-state index contributed by atoms with van der Waals surface area (Å²) in [5.74, 6) is 0. The maximum absolute atomic E-state index is 3.83. The third kappa shape index (κ3) is 8.36. The fourth-order valence-electron chi connectivity index (χ4n) is 1.99. The molecule has 0 rings (SSSR count). The van der Waals surface area contributed by atoms with E-state index in [1.807, 2.05) is 24.3 Å². The molecule has 0 heterocycles. The highest BCUT2D eigenvalue weighted by atomic mass is 15.3. The molecule has 0 aromatic carbocycles. The molecular weight excluding hydrogens is 232 g/mol. The molecule has 0 saturated heterocycles. The van der Waals surface area contributed by atoms with E-state index in [4.69, 9.17) is 0 Å². The molecule has 106 valence electrons. The van der Waals surface area contributed by atoms with Gasteiger partial charge in [-0.3, -0.25) is 4.90 Å². The molecule has 0 radical (unpaired) electrons. The van der Waals surface area contributed by atoms with Crippen LogP contribution in [0.5, 0.6) is 0 Å². The minimum atomic E-state index is 0.891. The monoisotopic (exact) mass is 261 g/mol. The van der Waals surface area contributed by atoms with Crippen molar-refractivity contribution in [2.45, 2.75) is 0 Å². The molecule has 0 aromatic heterocycles. The lowest BCUT2D eigenvalue weighted by molar-refractivity contribution is -0.892. The molecule has 0 aliphatic rings. The normalized spacial score (nSPS) is 11.7. The van der Waals surface area contributed by atoms with Crippen LogP contribution < -0.4 is 0 Å². The Hall–Kier alpha value is -1.38. The summed E-state index contributed by atoms with van der Waals surface area (Å²) in [7, 11) is 2.22. The van der Waals surface area contributed by atoms with Crippen LogP contribution in [0.4, 0.5) is 0 Å². The van der Waals surface area contributed by atoms with Gasteiger partial charge in [-0.1, -0.05) is 31.4 Å². The van der Waals surface area contributed by atoms with Crippen LogP contribution in [-0.4, -0.2) is 55.7 Å². The van der Waals surface area contributed by atoms with Crippen LogP contribution in [0, 0.1) is 0 Å². The average molecular weight is 261 g/mol. The Morgan fingerprint density at radius 3 is 1.68 bits per heavy atom. The Balaban J connectivity index is 4.29. The lowest BCUT2D eigenvalue weighted by Crippen LogP contribution is -2.44. The van der Waals surface area contributed by atoms with E-state index in [-0.39, 0.29) is 0 Å². The lowest BCUT2D eigenvalue weighted by atomic mass is 10.3. The third-order valence-electron chi connectivity index (χ3n) is 2.99. The van der Waals surface area contributed by atoms with Crippen LogP contribution in [0.25, 0.3) is 0 Å². The summed E-state index contributed by atoms with van der Waals surface area (Å²) < 4.78 is 0.923. The van der Waals surface area contributed by atoms with Crippen molar-refractivity contribution in [1.29, 1.82) is 0 Å². The van der Waals surface area contributed by atoms with Crippen LogP contribution in [-0.2, 0) is 0 Å². The fraction of sp³-hybridized carbons (Fsp3) is 0.412. The predicted octanol–water partition coefficient (Wildman–Crippen LogP) is 3.04. The Labute approximate surface area is 119 Å². The molecule has 0 N–H and O–H groups in total. The van der Waals surface area contributed by atoms with Crippen molar-refractivity contribution in [3.63, 3.8) is 0 Å². The summed E-state index contributed by atoms with van der Waals surface area (Å²) in [6.07, 6.45) is 12.2. The number of hydrogen-bond acceptors (Lipinski definition) is 1. The summed E-state index contributed by atoms with van der Waals surface area (Å²) in [4.78, 5) is 2.28. The van der Waals surface area contributed by atoms with Crippen LogP contribution in [0.15, 0.2) is 62.8 Å². The average Bonchev–Trinajstić information content (AvgIpc) is 2.36. The van der Waals surface area contributed by atoms with Crippen molar-refractivity contribution in [2.75, 3.05) is 46.3 Å². The molecule has 2 nitrogen and oxygen atoms in total. The summed E-state index contributed by atoms with van der Waals surface area (Å²) in [5.41, 5.74) is 0. The molecule has 0 fully saturated rings. The Morgan fingerprint density at radius 2 is 1.26 bits per heavy atom. The van der Waals surface area contributed by atoms with Crippen molar-refractivity contribution in [2.24, 2.45) is 0 Å². The number of hydrogen-bond donors (Lipinski definition) is 0. The van der Waals surface area contributed by atoms with E-state index in [9.17, 15) is 0 Å². The van der Waals surface area contributed by atoms with Crippen molar-refractivity contribution < 1.29 is 4.48 Å². The molecule has 0 saturated carbocycles. The molecule has 19 heavy (non-hydrogen) atoms. The maximum Gasteiger partial charge on any atom is 0.0977 e. The van der Waals surface area contributed by atoms with E-state index in [2.05, 4.69) is 50.4 Å². The van der Waals surface area contributed by atoms with Crippen molar-refractivity contribution >= 4 is 0 Å². The minimum Gasteiger partial charge on any atom is -0.316 e. The molecule has 0 aliphatic heterocycles. The fourth-order valence-corrected chi connectivity index (χ4v) is 1.99. The van der Waals surface area contributed by atoms with Crippen LogP contribution in [0.1, 0.15) is 0 Å². The standard InChI is InChI=1S/C17H29N2/c1-6-12-18(13-7-2)14-10-11-17-19(5,15-8-3)16-9-4/h6-11H,1-4,12-17H2,5H3/q+1/b11-10+. The van der Waals surface area contributed by atoms with E-state index < -0.39 is 0 Å². The van der Waals surface area contributed by atoms with Gasteiger partial charge < -0.3 is 4.48 Å². The van der Waals surface area contributed by atoms with Gasteiger partial charge in [0.1, 0.15) is 0 Å².